The lowest BCUT2D eigenvalue weighted by atomic mass is 9.76. The highest BCUT2D eigenvalue weighted by atomic mass is 16.5. The lowest BCUT2D eigenvalue weighted by Crippen LogP contribution is -2.32. The van der Waals surface area contributed by atoms with E-state index in [-0.39, 0.29) is 5.41 Å². The van der Waals surface area contributed by atoms with Crippen LogP contribution in [-0.4, -0.2) is 13.5 Å². The van der Waals surface area contributed by atoms with Crippen molar-refractivity contribution in [3.63, 3.8) is 0 Å². The monoisotopic (exact) mass is 647 g/mol. The van der Waals surface area contributed by atoms with Gasteiger partial charge in [-0.1, -0.05) is 168 Å². The highest BCUT2D eigenvalue weighted by molar-refractivity contribution is 5.49. The van der Waals surface area contributed by atoms with Crippen molar-refractivity contribution in [1.29, 1.82) is 0 Å². The first kappa shape index (κ1) is 37.8. The summed E-state index contributed by atoms with van der Waals surface area (Å²) < 4.78 is 12.1. The Kier molecular flexibility index (Phi) is 17.0. The fourth-order valence-corrected chi connectivity index (χ4v) is 7.70. The van der Waals surface area contributed by atoms with Crippen molar-refractivity contribution in [3.05, 3.63) is 58.7 Å². The molecule has 2 heterocycles. The molecule has 0 saturated carbocycles. The van der Waals surface area contributed by atoms with E-state index in [1.807, 2.05) is 0 Å². The molecule has 0 fully saturated rings. The minimum Gasteiger partial charge on any atom is -0.478 e. The zero-order valence-corrected chi connectivity index (χ0v) is 30.9. The Morgan fingerprint density at radius 1 is 0.511 bits per heavy atom. The highest BCUT2D eigenvalue weighted by Crippen LogP contribution is 2.41. The first-order valence-electron chi connectivity index (χ1n) is 20.1. The van der Waals surface area contributed by atoms with Crippen LogP contribution in [0.3, 0.4) is 0 Å². The molecule has 2 unspecified atom stereocenters. The number of hydrogen-bond donors (Lipinski definition) is 2. The Morgan fingerprint density at radius 2 is 0.851 bits per heavy atom. The van der Waals surface area contributed by atoms with Crippen LogP contribution in [0.5, 0.6) is 11.5 Å². The number of fused-ring (bicyclic) bond motifs is 2. The Balaban J connectivity index is 1.29. The summed E-state index contributed by atoms with van der Waals surface area (Å²) in [4.78, 5) is 0. The third-order valence-corrected chi connectivity index (χ3v) is 11.0. The Hall–Kier alpha value is -2.04. The van der Waals surface area contributed by atoms with E-state index in [1.54, 1.807) is 0 Å². The average molecular weight is 647 g/mol. The molecule has 264 valence electrons. The minimum atomic E-state index is -0.123. The van der Waals surface area contributed by atoms with Crippen molar-refractivity contribution in [2.45, 2.75) is 186 Å². The molecule has 0 radical (unpaired) electrons. The van der Waals surface area contributed by atoms with Gasteiger partial charge in [-0.3, -0.25) is 10.6 Å². The van der Waals surface area contributed by atoms with Gasteiger partial charge in [-0.15, -0.1) is 0 Å². The number of unbranched alkanes of at least 4 members (excludes halogenated alkanes) is 18. The van der Waals surface area contributed by atoms with Gasteiger partial charge in [0, 0.05) is 28.6 Å². The van der Waals surface area contributed by atoms with Crippen molar-refractivity contribution in [3.8, 4) is 11.5 Å². The van der Waals surface area contributed by atoms with Crippen molar-refractivity contribution in [2.75, 3.05) is 13.5 Å². The lowest BCUT2D eigenvalue weighted by molar-refractivity contribution is 0.224. The zero-order valence-electron chi connectivity index (χ0n) is 30.9. The molecule has 2 atom stereocenters. The summed E-state index contributed by atoms with van der Waals surface area (Å²) in [7, 11) is 0. The fourth-order valence-electron chi connectivity index (χ4n) is 7.70. The number of nitrogens with one attached hydrogen (secondary N) is 2. The molecule has 0 aliphatic carbocycles. The van der Waals surface area contributed by atoms with E-state index in [4.69, 9.17) is 9.47 Å². The fraction of sp³-hybridized carbons (Fsp3) is 0.721. The molecule has 4 rings (SSSR count). The van der Waals surface area contributed by atoms with Crippen molar-refractivity contribution in [2.24, 2.45) is 0 Å². The molecule has 0 bridgehead atoms. The summed E-state index contributed by atoms with van der Waals surface area (Å²) in [6.07, 6.45) is 29.9. The second-order valence-electron chi connectivity index (χ2n) is 15.2. The molecule has 4 nitrogen and oxygen atoms in total. The van der Waals surface area contributed by atoms with Gasteiger partial charge in [-0.05, 0) is 48.2 Å². The molecule has 2 aliphatic heterocycles. The number of rotatable bonds is 24. The third-order valence-electron chi connectivity index (χ3n) is 11.0. The maximum absolute atomic E-state index is 6.07. The normalized spacial score (nSPS) is 17.5. The molecule has 2 aromatic carbocycles. The summed E-state index contributed by atoms with van der Waals surface area (Å²) in [5.74, 6) is 2.11. The Labute approximate surface area is 289 Å². The third kappa shape index (κ3) is 12.1. The SMILES string of the molecule is CCCCCCCCCCCCC1NCOc2ccc(C(C)(C)c3ccc4c(c3)C(CCCCCCCCCCCC)NCO4)cc21. The highest BCUT2D eigenvalue weighted by Gasteiger charge is 2.30. The maximum Gasteiger partial charge on any atom is 0.140 e. The minimum absolute atomic E-state index is 0.123. The second-order valence-corrected chi connectivity index (χ2v) is 15.2. The van der Waals surface area contributed by atoms with Crippen LogP contribution in [0.15, 0.2) is 36.4 Å². The molecule has 2 aromatic rings. The zero-order chi connectivity index (χ0) is 33.2. The van der Waals surface area contributed by atoms with Gasteiger partial charge >= 0.3 is 0 Å². The van der Waals surface area contributed by atoms with Gasteiger partial charge in [0.15, 0.2) is 0 Å². The number of ether oxygens (including phenoxy) is 2. The van der Waals surface area contributed by atoms with E-state index >= 15 is 0 Å². The molecule has 2 aliphatic rings. The summed E-state index contributed by atoms with van der Waals surface area (Å²) >= 11 is 0. The van der Waals surface area contributed by atoms with E-state index in [9.17, 15) is 0 Å². The Morgan fingerprint density at radius 3 is 1.21 bits per heavy atom. The van der Waals surface area contributed by atoms with Crippen LogP contribution in [-0.2, 0) is 5.41 Å². The first-order chi connectivity index (χ1) is 23.0. The van der Waals surface area contributed by atoms with E-state index < -0.39 is 0 Å². The van der Waals surface area contributed by atoms with Crippen LogP contribution >= 0.6 is 0 Å². The molecular weight excluding hydrogens is 576 g/mol. The molecule has 47 heavy (non-hydrogen) atoms. The van der Waals surface area contributed by atoms with Gasteiger partial charge in [0.25, 0.3) is 0 Å². The summed E-state index contributed by atoms with van der Waals surface area (Å²) in [5, 5.41) is 7.34. The standard InChI is InChI=1S/C43H70N2O2/c1-5-7-9-11-13-15-17-19-21-23-25-39-37-31-35(27-29-41(37)46-33-44-39)43(3,4)36-28-30-42-38(32-36)40(45-34-47-42)26-24-22-20-18-16-14-12-10-8-6-2/h27-32,39-40,44-45H,5-26,33-34H2,1-4H3. The quantitative estimate of drug-likeness (QED) is 0.111. The average Bonchev–Trinajstić information content (AvgIpc) is 3.09. The first-order valence-corrected chi connectivity index (χ1v) is 20.1. The molecule has 4 heteroatoms. The number of benzene rings is 2. The maximum atomic E-state index is 6.07. The van der Waals surface area contributed by atoms with E-state index in [2.05, 4.69) is 74.7 Å². The van der Waals surface area contributed by atoms with Gasteiger partial charge in [0.05, 0.1) is 0 Å². The van der Waals surface area contributed by atoms with Crippen LogP contribution in [0, 0.1) is 0 Å². The van der Waals surface area contributed by atoms with Gasteiger partial charge in [0.1, 0.15) is 25.0 Å². The molecular formula is C43H70N2O2. The topological polar surface area (TPSA) is 42.5 Å². The van der Waals surface area contributed by atoms with E-state index in [0.717, 1.165) is 11.5 Å². The predicted molar refractivity (Wildman–Crippen MR) is 201 cm³/mol. The largest absolute Gasteiger partial charge is 0.478 e. The van der Waals surface area contributed by atoms with Gasteiger partial charge < -0.3 is 9.47 Å². The smallest absolute Gasteiger partial charge is 0.140 e. The summed E-state index contributed by atoms with van der Waals surface area (Å²) in [5.41, 5.74) is 5.25. The second kappa shape index (κ2) is 21.1. The van der Waals surface area contributed by atoms with Gasteiger partial charge in [-0.2, -0.15) is 0 Å². The van der Waals surface area contributed by atoms with Crippen LogP contribution in [0.2, 0.25) is 0 Å². The summed E-state index contributed by atoms with van der Waals surface area (Å²) in [6.45, 7) is 10.6. The van der Waals surface area contributed by atoms with Crippen LogP contribution in [0.4, 0.5) is 0 Å². The van der Waals surface area contributed by atoms with Crippen molar-refractivity contribution >= 4 is 0 Å². The van der Waals surface area contributed by atoms with Gasteiger partial charge in [-0.25, -0.2) is 0 Å². The van der Waals surface area contributed by atoms with Gasteiger partial charge in [0.2, 0.25) is 0 Å². The molecule has 0 spiro atoms. The van der Waals surface area contributed by atoms with E-state index in [0.29, 0.717) is 25.5 Å². The van der Waals surface area contributed by atoms with E-state index in [1.165, 1.54) is 164 Å². The summed E-state index contributed by atoms with van der Waals surface area (Å²) in [6, 6.07) is 14.6. The molecule has 2 N–H and O–H groups in total. The predicted octanol–water partition coefficient (Wildman–Crippen LogP) is 12.6. The van der Waals surface area contributed by atoms with Crippen molar-refractivity contribution in [1.82, 2.24) is 10.6 Å². The Bertz CT molecular complexity index is 1060. The van der Waals surface area contributed by atoms with Crippen LogP contribution < -0.4 is 20.1 Å². The lowest BCUT2D eigenvalue weighted by Gasteiger charge is -2.33. The van der Waals surface area contributed by atoms with Crippen LogP contribution in [0.1, 0.15) is 203 Å². The van der Waals surface area contributed by atoms with Crippen LogP contribution in [0.25, 0.3) is 0 Å². The molecule has 0 saturated heterocycles. The molecule has 0 amide bonds. The number of hydrogen-bond acceptors (Lipinski definition) is 4. The molecule has 0 aromatic heterocycles. The van der Waals surface area contributed by atoms with Crippen molar-refractivity contribution < 1.29 is 9.47 Å².